The molecule has 1 aromatic heterocycles. The van der Waals surface area contributed by atoms with Crippen molar-refractivity contribution in [3.05, 3.63) is 24.2 Å². The van der Waals surface area contributed by atoms with Crippen LogP contribution in [0.1, 0.15) is 26.2 Å². The number of nitrogens with zero attached hydrogens (tertiary/aromatic N) is 4. The van der Waals surface area contributed by atoms with E-state index in [0.29, 0.717) is 31.0 Å². The van der Waals surface area contributed by atoms with Gasteiger partial charge in [-0.25, -0.2) is 9.37 Å². The van der Waals surface area contributed by atoms with Gasteiger partial charge in [-0.1, -0.05) is 6.42 Å². The number of methoxy groups -OCH3 is 2. The molecule has 0 radical (unpaired) electrons. The van der Waals surface area contributed by atoms with Crippen LogP contribution in [0.5, 0.6) is 11.5 Å². The van der Waals surface area contributed by atoms with E-state index < -0.39 is 5.82 Å². The Bertz CT molecular complexity index is 1020. The molecule has 1 saturated carbocycles. The summed E-state index contributed by atoms with van der Waals surface area (Å²) in [5.41, 5.74) is 6.25. The van der Waals surface area contributed by atoms with Crippen molar-refractivity contribution in [1.29, 1.82) is 0 Å². The van der Waals surface area contributed by atoms with Gasteiger partial charge in [0.1, 0.15) is 11.3 Å². The van der Waals surface area contributed by atoms with Crippen LogP contribution >= 0.6 is 0 Å². The summed E-state index contributed by atoms with van der Waals surface area (Å²) in [6, 6.07) is 1.64. The van der Waals surface area contributed by atoms with Gasteiger partial charge < -0.3 is 25.0 Å². The number of ketones is 1. The molecule has 1 atom stereocenters. The normalized spacial score (nSPS) is 19.7. The Morgan fingerprint density at radius 1 is 1.26 bits per heavy atom. The van der Waals surface area contributed by atoms with Gasteiger partial charge in [-0.15, -0.1) is 0 Å². The summed E-state index contributed by atoms with van der Waals surface area (Å²) < 4.78 is 25.4. The number of nitrogen functional groups attached to an aromatic ring is 1. The monoisotopic (exact) mass is 429 g/mol. The van der Waals surface area contributed by atoms with E-state index in [-0.39, 0.29) is 40.6 Å². The highest BCUT2D eigenvalue weighted by Crippen LogP contribution is 2.37. The predicted molar refractivity (Wildman–Crippen MR) is 117 cm³/mol. The van der Waals surface area contributed by atoms with Crippen molar-refractivity contribution >= 4 is 28.5 Å². The molecule has 8 nitrogen and oxygen atoms in total. The summed E-state index contributed by atoms with van der Waals surface area (Å²) in [5.74, 6) is 0.564. The number of rotatable bonds is 6. The first-order valence-electron chi connectivity index (χ1n) is 10.5. The van der Waals surface area contributed by atoms with E-state index in [2.05, 4.69) is 14.9 Å². The first-order chi connectivity index (χ1) is 14.9. The van der Waals surface area contributed by atoms with E-state index in [0.717, 1.165) is 19.3 Å². The second-order valence-corrected chi connectivity index (χ2v) is 8.11. The highest BCUT2D eigenvalue weighted by atomic mass is 19.1. The molecular formula is C22H28FN5O3. The van der Waals surface area contributed by atoms with Gasteiger partial charge in [0.15, 0.2) is 23.1 Å². The number of piperazine rings is 1. The molecule has 0 bridgehead atoms. The van der Waals surface area contributed by atoms with Gasteiger partial charge in [0.25, 0.3) is 0 Å². The molecule has 1 aliphatic heterocycles. The number of nitrogens with two attached hydrogens (primary N) is 1. The van der Waals surface area contributed by atoms with Crippen molar-refractivity contribution in [3.63, 3.8) is 0 Å². The van der Waals surface area contributed by atoms with Crippen molar-refractivity contribution < 1.29 is 18.7 Å². The fraction of sp³-hybridized carbons (Fsp3) is 0.500. The maximum Gasteiger partial charge on any atom is 0.228 e. The van der Waals surface area contributed by atoms with Gasteiger partial charge in [0, 0.05) is 43.2 Å². The molecule has 0 spiro atoms. The molecule has 2 fully saturated rings. The minimum atomic E-state index is -0.629. The molecule has 2 aliphatic rings. The predicted octanol–water partition coefficient (Wildman–Crippen LogP) is 2.76. The Morgan fingerprint density at radius 2 is 2.03 bits per heavy atom. The largest absolute Gasteiger partial charge is 0.493 e. The molecule has 2 N–H and O–H groups in total. The lowest BCUT2D eigenvalue weighted by Gasteiger charge is -2.39. The molecule has 1 aromatic carbocycles. The average Bonchev–Trinajstić information content (AvgIpc) is 2.71. The lowest BCUT2D eigenvalue weighted by atomic mass is 9.82. The fourth-order valence-electron chi connectivity index (χ4n) is 4.09. The van der Waals surface area contributed by atoms with Crippen LogP contribution in [-0.4, -0.2) is 60.5 Å². The van der Waals surface area contributed by atoms with Gasteiger partial charge in [-0.05, 0) is 31.9 Å². The lowest BCUT2D eigenvalue weighted by molar-refractivity contribution is -0.120. The molecule has 166 valence electrons. The first kappa shape index (κ1) is 21.1. The van der Waals surface area contributed by atoms with Crippen LogP contribution in [0.25, 0.3) is 10.9 Å². The number of carbonyl (C=O) groups excluding carboxylic acids is 1. The van der Waals surface area contributed by atoms with E-state index in [4.69, 9.17) is 15.2 Å². The van der Waals surface area contributed by atoms with Crippen molar-refractivity contribution in [2.24, 2.45) is 5.92 Å². The summed E-state index contributed by atoms with van der Waals surface area (Å²) >= 11 is 0. The highest BCUT2D eigenvalue weighted by Gasteiger charge is 2.27. The molecule has 9 heteroatoms. The van der Waals surface area contributed by atoms with Crippen LogP contribution in [0.3, 0.4) is 0 Å². The van der Waals surface area contributed by atoms with Crippen LogP contribution in [0.4, 0.5) is 16.2 Å². The number of hydrogen-bond donors (Lipinski definition) is 1. The first-order valence-corrected chi connectivity index (χ1v) is 10.5. The fourth-order valence-corrected chi connectivity index (χ4v) is 4.09. The molecule has 1 saturated heterocycles. The lowest BCUT2D eigenvalue weighted by Crippen LogP contribution is -2.51. The highest BCUT2D eigenvalue weighted by molar-refractivity contribution is 5.93. The smallest absolute Gasteiger partial charge is 0.228 e. The van der Waals surface area contributed by atoms with Crippen LogP contribution in [0.15, 0.2) is 18.3 Å². The zero-order chi connectivity index (χ0) is 22.1. The molecule has 1 unspecified atom stereocenters. The second kappa shape index (κ2) is 8.56. The number of ether oxygens (including phenoxy) is 2. The Balaban J connectivity index is 1.55. The Hall–Kier alpha value is -3.10. The Labute approximate surface area is 180 Å². The summed E-state index contributed by atoms with van der Waals surface area (Å²) in [6.07, 6.45) is 6.74. The van der Waals surface area contributed by atoms with Crippen molar-refractivity contribution in [3.8, 4) is 11.5 Å². The van der Waals surface area contributed by atoms with E-state index in [1.165, 1.54) is 14.2 Å². The molecule has 2 heterocycles. The topological polar surface area (TPSA) is 93.8 Å². The Kier molecular flexibility index (Phi) is 5.84. The third kappa shape index (κ3) is 3.96. The van der Waals surface area contributed by atoms with E-state index >= 15 is 4.39 Å². The number of benzene rings is 1. The average molecular weight is 429 g/mol. The molecule has 31 heavy (non-hydrogen) atoms. The van der Waals surface area contributed by atoms with Gasteiger partial charge >= 0.3 is 0 Å². The van der Waals surface area contributed by atoms with Crippen molar-refractivity contribution in [2.45, 2.75) is 32.2 Å². The standard InChI is InChI=1S/C22H28FN5O3/c1-13-12-27(8-7-16(29)14-5-4-6-14)9-10-28(13)22-25-19-15(21(24)26-22)11-17(30-2)20(31-3)18(19)23/h7-8,11,13-14H,4-6,9-10,12H2,1-3H3,(H2,24,25,26)/b8-7+. The maximum atomic E-state index is 15.1. The summed E-state index contributed by atoms with van der Waals surface area (Å²) in [7, 11) is 2.81. The zero-order valence-electron chi connectivity index (χ0n) is 18.1. The quantitative estimate of drug-likeness (QED) is 0.701. The summed E-state index contributed by atoms with van der Waals surface area (Å²) in [4.78, 5) is 25.1. The molecule has 4 rings (SSSR count). The maximum absolute atomic E-state index is 15.1. The van der Waals surface area contributed by atoms with Crippen LogP contribution in [0.2, 0.25) is 0 Å². The van der Waals surface area contributed by atoms with Crippen LogP contribution in [-0.2, 0) is 4.79 Å². The number of carbonyl (C=O) groups is 1. The number of aromatic nitrogens is 2. The minimum absolute atomic E-state index is 0.0156. The van der Waals surface area contributed by atoms with E-state index in [1.54, 1.807) is 12.1 Å². The molecule has 2 aromatic rings. The molecule has 1 aliphatic carbocycles. The van der Waals surface area contributed by atoms with E-state index in [1.807, 2.05) is 18.0 Å². The van der Waals surface area contributed by atoms with Gasteiger partial charge in [0.2, 0.25) is 5.95 Å². The van der Waals surface area contributed by atoms with Gasteiger partial charge in [-0.3, -0.25) is 4.79 Å². The van der Waals surface area contributed by atoms with Crippen molar-refractivity contribution in [1.82, 2.24) is 14.9 Å². The third-order valence-corrected chi connectivity index (χ3v) is 6.17. The summed E-state index contributed by atoms with van der Waals surface area (Å²) in [6.45, 7) is 4.07. The third-order valence-electron chi connectivity index (χ3n) is 6.17. The molecular weight excluding hydrogens is 401 g/mol. The van der Waals surface area contributed by atoms with E-state index in [9.17, 15) is 4.79 Å². The number of halogens is 1. The zero-order valence-corrected chi connectivity index (χ0v) is 18.1. The number of hydrogen-bond acceptors (Lipinski definition) is 8. The Morgan fingerprint density at radius 3 is 2.65 bits per heavy atom. The number of allylic oxidation sites excluding steroid dienone is 1. The second-order valence-electron chi connectivity index (χ2n) is 8.11. The van der Waals surface area contributed by atoms with Gasteiger partial charge in [0.05, 0.1) is 14.2 Å². The minimum Gasteiger partial charge on any atom is -0.493 e. The summed E-state index contributed by atoms with van der Waals surface area (Å²) in [5, 5.41) is 0.377. The number of anilines is 2. The molecule has 0 amide bonds. The van der Waals surface area contributed by atoms with Crippen LogP contribution in [0, 0.1) is 11.7 Å². The van der Waals surface area contributed by atoms with Crippen LogP contribution < -0.4 is 20.1 Å². The van der Waals surface area contributed by atoms with Gasteiger partial charge in [-0.2, -0.15) is 4.98 Å². The van der Waals surface area contributed by atoms with Crippen molar-refractivity contribution in [2.75, 3.05) is 44.5 Å². The number of fused-ring (bicyclic) bond motifs is 1. The SMILES string of the molecule is COc1cc2c(N)nc(N3CCN(/C=C/C(=O)C4CCC4)CC3C)nc2c(F)c1OC.